The molecule has 0 aliphatic heterocycles. The van der Waals surface area contributed by atoms with Crippen LogP contribution in [0.15, 0.2) is 81.9 Å². The number of hydrogen-bond donors (Lipinski definition) is 2. The summed E-state index contributed by atoms with van der Waals surface area (Å²) in [5, 5.41) is 36.6. The van der Waals surface area contributed by atoms with Crippen molar-refractivity contribution in [1.29, 1.82) is 0 Å². The summed E-state index contributed by atoms with van der Waals surface area (Å²) in [6.07, 6.45) is -0.327. The van der Waals surface area contributed by atoms with Crippen molar-refractivity contribution in [3.63, 3.8) is 0 Å². The largest absolute Gasteiger partial charge is 0.491 e. The van der Waals surface area contributed by atoms with Crippen LogP contribution in [0.4, 0.5) is 27.1 Å². The average molecular weight is 621 g/mol. The first-order chi connectivity index (χ1) is 20.0. The van der Waals surface area contributed by atoms with E-state index in [4.69, 9.17) is 14.2 Å². The monoisotopic (exact) mass is 620 g/mol. The van der Waals surface area contributed by atoms with Crippen LogP contribution in [0.5, 0.6) is 11.5 Å². The van der Waals surface area contributed by atoms with E-state index < -0.39 is 37.2 Å². The average Bonchev–Trinajstić information content (AvgIpc) is 2.95. The third-order valence-corrected chi connectivity index (χ3v) is 6.59. The smallest absolute Gasteiger partial charge is 0.294 e. The van der Waals surface area contributed by atoms with Gasteiger partial charge in [-0.25, -0.2) is 4.39 Å². The van der Waals surface area contributed by atoms with Crippen LogP contribution < -0.4 is 9.62 Å². The van der Waals surface area contributed by atoms with Crippen LogP contribution in [-0.2, 0) is 25.9 Å². The molecular formula is C24H17FN4O11S2. The van der Waals surface area contributed by atoms with Gasteiger partial charge in [0, 0.05) is 24.7 Å². The van der Waals surface area contributed by atoms with E-state index in [0.29, 0.717) is 22.9 Å². The molecule has 0 saturated heterocycles. The first-order valence-electron chi connectivity index (χ1n) is 11.4. The molecule has 0 radical (unpaired) electrons. The molecule has 4 rings (SSSR count). The van der Waals surface area contributed by atoms with Gasteiger partial charge in [-0.3, -0.25) is 24.8 Å². The van der Waals surface area contributed by atoms with Gasteiger partial charge >= 0.3 is 0 Å². The van der Waals surface area contributed by atoms with Crippen molar-refractivity contribution in [2.75, 3.05) is 6.61 Å². The van der Waals surface area contributed by atoms with E-state index in [9.17, 15) is 33.0 Å². The maximum absolute atomic E-state index is 13.8. The summed E-state index contributed by atoms with van der Waals surface area (Å²) >= 11 is 3.41. The highest BCUT2D eigenvalue weighted by Gasteiger charge is 2.27. The summed E-state index contributed by atoms with van der Waals surface area (Å²) in [7, 11) is -4.42. The molecule has 0 aliphatic rings. The Labute approximate surface area is 240 Å². The first kappa shape index (κ1) is 30.2. The Balaban J connectivity index is 1.69. The number of azo groups is 1. The molecule has 0 atom stereocenters. The van der Waals surface area contributed by atoms with Crippen molar-refractivity contribution in [3.05, 3.63) is 98.3 Å². The van der Waals surface area contributed by atoms with Crippen LogP contribution in [-0.4, -0.2) is 29.4 Å². The number of halogens is 1. The topological polar surface area (TPSA) is 202 Å². The summed E-state index contributed by atoms with van der Waals surface area (Å²) in [6.45, 7) is -0.307. The summed E-state index contributed by atoms with van der Waals surface area (Å²) < 4.78 is 55.5. The lowest BCUT2D eigenvalue weighted by Gasteiger charge is -2.12. The lowest BCUT2D eigenvalue weighted by Crippen LogP contribution is -2.08. The molecule has 1 N–H and O–H groups in total. The minimum absolute atomic E-state index is 0.122. The molecule has 4 aromatic rings. The highest BCUT2D eigenvalue weighted by molar-refractivity contribution is 7.85. The number of nitrogens with zero attached hydrogens (tertiary/aromatic N) is 4. The number of fused-ring (bicyclic) bond motifs is 1. The molecule has 0 unspecified atom stereocenters. The zero-order chi connectivity index (χ0) is 30.4. The van der Waals surface area contributed by atoms with E-state index in [-0.39, 0.29) is 46.4 Å². The Bertz CT molecular complexity index is 1770. The normalized spacial score (nSPS) is 11.6. The SMILES string of the molecule is O=[N+]([O-])c1cc(F)cc([N+](=O)[O-])c1CCOc1ccc2cc(OOOS)ccc2c1N=Nc1ccc(S(=O)(=O)O)cc1. The van der Waals surface area contributed by atoms with E-state index in [1.807, 2.05) is 0 Å². The zero-order valence-electron chi connectivity index (χ0n) is 20.8. The summed E-state index contributed by atoms with van der Waals surface area (Å²) in [5.74, 6) is -0.781. The Morgan fingerprint density at radius 1 is 0.929 bits per heavy atom. The second-order valence-electron chi connectivity index (χ2n) is 8.23. The molecule has 218 valence electrons. The van der Waals surface area contributed by atoms with Crippen molar-refractivity contribution >= 4 is 56.5 Å². The molecule has 15 nitrogen and oxygen atoms in total. The van der Waals surface area contributed by atoms with Crippen LogP contribution in [0.2, 0.25) is 0 Å². The number of thiol groups is 1. The summed E-state index contributed by atoms with van der Waals surface area (Å²) in [6, 6.07) is 13.7. The van der Waals surface area contributed by atoms with Gasteiger partial charge in [-0.1, -0.05) is 6.07 Å². The molecule has 0 amide bonds. The summed E-state index contributed by atoms with van der Waals surface area (Å²) in [4.78, 5) is 25.6. The fourth-order valence-corrected chi connectivity index (χ4v) is 4.35. The van der Waals surface area contributed by atoms with Crippen LogP contribution in [0.25, 0.3) is 10.8 Å². The Morgan fingerprint density at radius 2 is 1.60 bits per heavy atom. The van der Waals surface area contributed by atoms with Gasteiger partial charge in [0.05, 0.1) is 39.2 Å². The Hall–Kier alpha value is -4.75. The number of rotatable bonds is 12. The molecule has 0 bridgehead atoms. The van der Waals surface area contributed by atoms with Gasteiger partial charge in [0.1, 0.15) is 22.8 Å². The fourth-order valence-electron chi connectivity index (χ4n) is 3.84. The Morgan fingerprint density at radius 3 is 2.19 bits per heavy atom. The van der Waals surface area contributed by atoms with E-state index >= 15 is 0 Å². The molecule has 4 aromatic carbocycles. The van der Waals surface area contributed by atoms with Crippen molar-refractivity contribution in [3.8, 4) is 11.5 Å². The number of nitro benzene ring substituents is 2. The third-order valence-electron chi connectivity index (χ3n) is 5.66. The standard InChI is InChI=1S/C24H17FN4O11S2/c25-15-12-21(28(30)31)20(22(13-15)29(32)33)9-10-37-23-8-1-14-11-17(38-39-40-41)4-7-19(14)24(23)27-26-16-2-5-18(6-3-16)42(34,35)36/h1-8,11-13,41H,9-10H2,(H,34,35,36). The van der Waals surface area contributed by atoms with Gasteiger partial charge in [0.25, 0.3) is 21.5 Å². The van der Waals surface area contributed by atoms with Crippen molar-refractivity contribution in [1.82, 2.24) is 0 Å². The number of ether oxygens (including phenoxy) is 1. The van der Waals surface area contributed by atoms with Gasteiger partial charge in [0.15, 0.2) is 5.75 Å². The van der Waals surface area contributed by atoms with Gasteiger partial charge < -0.3 is 9.62 Å². The van der Waals surface area contributed by atoms with Gasteiger partial charge in [0.2, 0.25) is 0 Å². The molecule has 0 aliphatic carbocycles. The zero-order valence-corrected chi connectivity index (χ0v) is 22.5. The maximum Gasteiger partial charge on any atom is 0.294 e. The van der Waals surface area contributed by atoms with Gasteiger partial charge in [-0.2, -0.15) is 13.5 Å². The molecule has 0 spiro atoms. The third kappa shape index (κ3) is 7.11. The first-order valence-corrected chi connectivity index (χ1v) is 13.2. The predicted octanol–water partition coefficient (Wildman–Crippen LogP) is 6.17. The summed E-state index contributed by atoms with van der Waals surface area (Å²) in [5.41, 5.74) is -1.49. The predicted molar refractivity (Wildman–Crippen MR) is 145 cm³/mol. The molecule has 0 aromatic heterocycles. The highest BCUT2D eigenvalue weighted by atomic mass is 32.2. The highest BCUT2D eigenvalue weighted by Crippen LogP contribution is 2.39. The van der Waals surface area contributed by atoms with Crippen LogP contribution in [0.3, 0.4) is 0 Å². The van der Waals surface area contributed by atoms with E-state index in [1.54, 1.807) is 18.2 Å². The lowest BCUT2D eigenvalue weighted by atomic mass is 10.1. The van der Waals surface area contributed by atoms with Crippen LogP contribution >= 0.6 is 12.9 Å². The molecule has 18 heteroatoms. The second kappa shape index (κ2) is 12.8. The molecule has 0 saturated carbocycles. The van der Waals surface area contributed by atoms with Crippen molar-refractivity contribution in [2.24, 2.45) is 10.2 Å². The molecule has 0 heterocycles. The Kier molecular flexibility index (Phi) is 9.23. The number of nitro groups is 2. The van der Waals surface area contributed by atoms with E-state index in [0.717, 1.165) is 12.1 Å². The lowest BCUT2D eigenvalue weighted by molar-refractivity contribution is -0.402. The van der Waals surface area contributed by atoms with Crippen LogP contribution in [0, 0.1) is 26.0 Å². The molecule has 42 heavy (non-hydrogen) atoms. The van der Waals surface area contributed by atoms with E-state index in [1.165, 1.54) is 24.3 Å². The van der Waals surface area contributed by atoms with E-state index in [2.05, 4.69) is 32.5 Å². The second-order valence-corrected chi connectivity index (χ2v) is 9.80. The molecular weight excluding hydrogens is 603 g/mol. The quantitative estimate of drug-likeness (QED) is 0.0349. The van der Waals surface area contributed by atoms with Gasteiger partial charge in [-0.05, 0) is 59.0 Å². The minimum Gasteiger partial charge on any atom is -0.491 e. The maximum atomic E-state index is 13.8. The van der Waals surface area contributed by atoms with Gasteiger partial charge in [-0.15, -0.1) is 9.45 Å². The molecule has 0 fully saturated rings. The number of benzene rings is 4. The van der Waals surface area contributed by atoms with Crippen molar-refractivity contribution < 1.29 is 46.2 Å². The minimum atomic E-state index is -4.42. The van der Waals surface area contributed by atoms with Crippen LogP contribution in [0.1, 0.15) is 5.56 Å². The van der Waals surface area contributed by atoms with Crippen molar-refractivity contribution in [2.45, 2.75) is 11.3 Å². The fraction of sp³-hybridized carbons (Fsp3) is 0.0833. The number of hydrogen-bond acceptors (Lipinski definition) is 13.